The lowest BCUT2D eigenvalue weighted by Gasteiger charge is -2.14. The second-order valence-corrected chi connectivity index (χ2v) is 9.62. The average molecular weight is 525 g/mol. The van der Waals surface area contributed by atoms with Gasteiger partial charge < -0.3 is 14.8 Å². The lowest BCUT2D eigenvalue weighted by Crippen LogP contribution is -2.27. The number of ether oxygens (including phenoxy) is 2. The fourth-order valence-electron chi connectivity index (χ4n) is 3.32. The van der Waals surface area contributed by atoms with Crippen LogP contribution in [0.4, 0.5) is 5.69 Å². The molecule has 0 bridgehead atoms. The van der Waals surface area contributed by atoms with Gasteiger partial charge in [0, 0.05) is 10.7 Å². The largest absolute Gasteiger partial charge is 0.493 e. The Morgan fingerprint density at radius 1 is 1.09 bits per heavy atom. The second kappa shape index (κ2) is 11.4. The van der Waals surface area contributed by atoms with Crippen LogP contribution in [0.2, 0.25) is 5.02 Å². The van der Waals surface area contributed by atoms with Gasteiger partial charge in [-0.05, 0) is 53.6 Å². The summed E-state index contributed by atoms with van der Waals surface area (Å²) >= 11 is 12.6. The highest BCUT2D eigenvalue weighted by Crippen LogP contribution is 2.35. The van der Waals surface area contributed by atoms with Gasteiger partial charge in [-0.1, -0.05) is 72.0 Å². The summed E-state index contributed by atoms with van der Waals surface area (Å²) in [7, 11) is 1.51. The summed E-state index contributed by atoms with van der Waals surface area (Å²) in [5.74, 6) is 0.396. The second-order valence-electron chi connectivity index (χ2n) is 7.51. The molecule has 2 amide bonds. The minimum atomic E-state index is -0.319. The van der Waals surface area contributed by atoms with Crippen molar-refractivity contribution in [2.24, 2.45) is 0 Å². The third kappa shape index (κ3) is 6.42. The first-order chi connectivity index (χ1) is 16.9. The number of hydrogen-bond donors (Lipinski definition) is 1. The quantitative estimate of drug-likeness (QED) is 0.298. The first-order valence-electron chi connectivity index (χ1n) is 10.6. The third-order valence-electron chi connectivity index (χ3n) is 5.03. The van der Waals surface area contributed by atoms with Crippen molar-refractivity contribution < 1.29 is 19.1 Å². The van der Waals surface area contributed by atoms with Crippen LogP contribution in [0.1, 0.15) is 11.1 Å². The van der Waals surface area contributed by atoms with E-state index in [0.717, 1.165) is 11.1 Å². The minimum Gasteiger partial charge on any atom is -0.493 e. The lowest BCUT2D eigenvalue weighted by molar-refractivity contribution is -0.122. The van der Waals surface area contributed by atoms with Crippen LogP contribution >= 0.6 is 35.6 Å². The fraction of sp³-hybridized carbons (Fsp3) is 0.115. The molecule has 0 spiro atoms. The number of thioether (sulfide) groups is 1. The number of halogens is 1. The van der Waals surface area contributed by atoms with E-state index >= 15 is 0 Å². The molecule has 3 aromatic carbocycles. The van der Waals surface area contributed by atoms with Gasteiger partial charge in [0.25, 0.3) is 11.8 Å². The van der Waals surface area contributed by atoms with Crippen molar-refractivity contribution in [3.63, 3.8) is 0 Å². The molecule has 1 fully saturated rings. The molecule has 0 saturated carbocycles. The summed E-state index contributed by atoms with van der Waals surface area (Å²) in [6.07, 6.45) is 1.77. The standard InChI is InChI=1S/C26H21ClN2O4S2/c1-32-22-13-18(7-12-21(22)33-16-24(30)28-20-10-8-19(27)9-11-20)14-23-25(31)29(26(34)35-23)15-17-5-3-2-4-6-17/h2-14H,15-16H2,1H3,(H,28,30)/b23-14-. The summed E-state index contributed by atoms with van der Waals surface area (Å²) < 4.78 is 11.6. The average Bonchev–Trinajstić information content (AvgIpc) is 3.12. The van der Waals surface area contributed by atoms with E-state index in [9.17, 15) is 9.59 Å². The maximum atomic E-state index is 12.9. The molecule has 0 radical (unpaired) electrons. The van der Waals surface area contributed by atoms with Crippen LogP contribution in [-0.2, 0) is 16.1 Å². The van der Waals surface area contributed by atoms with Crippen molar-refractivity contribution in [1.82, 2.24) is 4.90 Å². The fourth-order valence-corrected chi connectivity index (χ4v) is 4.70. The molecular weight excluding hydrogens is 504 g/mol. The van der Waals surface area contributed by atoms with Crippen LogP contribution in [0.25, 0.3) is 6.08 Å². The lowest BCUT2D eigenvalue weighted by atomic mass is 10.1. The molecule has 1 aliphatic rings. The van der Waals surface area contributed by atoms with E-state index in [4.69, 9.17) is 33.3 Å². The highest BCUT2D eigenvalue weighted by atomic mass is 35.5. The third-order valence-corrected chi connectivity index (χ3v) is 6.66. The van der Waals surface area contributed by atoms with Crippen LogP contribution in [0, 0.1) is 0 Å². The summed E-state index contributed by atoms with van der Waals surface area (Å²) in [5.41, 5.74) is 2.38. The molecule has 9 heteroatoms. The first kappa shape index (κ1) is 24.8. The normalized spacial score (nSPS) is 14.3. The zero-order valence-electron chi connectivity index (χ0n) is 18.7. The van der Waals surface area contributed by atoms with Crippen molar-refractivity contribution in [1.29, 1.82) is 0 Å². The van der Waals surface area contributed by atoms with Gasteiger partial charge in [-0.25, -0.2) is 0 Å². The number of methoxy groups -OCH3 is 1. The minimum absolute atomic E-state index is 0.137. The summed E-state index contributed by atoms with van der Waals surface area (Å²) in [4.78, 5) is 27.3. The van der Waals surface area contributed by atoms with Crippen molar-refractivity contribution >= 4 is 63.5 Å². The Balaban J connectivity index is 1.41. The van der Waals surface area contributed by atoms with Gasteiger partial charge in [-0.3, -0.25) is 14.5 Å². The van der Waals surface area contributed by atoms with E-state index in [2.05, 4.69) is 5.32 Å². The molecule has 4 rings (SSSR count). The summed E-state index contributed by atoms with van der Waals surface area (Å²) in [6.45, 7) is 0.230. The van der Waals surface area contributed by atoms with E-state index in [1.54, 1.807) is 53.4 Å². The van der Waals surface area contributed by atoms with Gasteiger partial charge in [-0.15, -0.1) is 0 Å². The molecule has 3 aromatic rings. The van der Waals surface area contributed by atoms with Crippen LogP contribution in [0.15, 0.2) is 77.7 Å². The first-order valence-corrected chi connectivity index (χ1v) is 12.2. The Hall–Kier alpha value is -3.33. The zero-order valence-corrected chi connectivity index (χ0v) is 21.1. The maximum Gasteiger partial charge on any atom is 0.266 e. The van der Waals surface area contributed by atoms with Gasteiger partial charge in [0.05, 0.1) is 18.6 Å². The van der Waals surface area contributed by atoms with Gasteiger partial charge in [-0.2, -0.15) is 0 Å². The SMILES string of the molecule is COc1cc(/C=C2\SC(=S)N(Cc3ccccc3)C2=O)ccc1OCC(=O)Nc1ccc(Cl)cc1. The number of anilines is 1. The molecule has 35 heavy (non-hydrogen) atoms. The molecule has 1 aliphatic heterocycles. The summed E-state index contributed by atoms with van der Waals surface area (Å²) in [5, 5.41) is 3.32. The number of amides is 2. The maximum absolute atomic E-state index is 12.9. The van der Waals surface area contributed by atoms with Crippen LogP contribution < -0.4 is 14.8 Å². The molecular formula is C26H21ClN2O4S2. The van der Waals surface area contributed by atoms with Crippen LogP contribution in [-0.4, -0.2) is 34.8 Å². The van der Waals surface area contributed by atoms with Crippen molar-refractivity contribution in [2.45, 2.75) is 6.54 Å². The molecule has 0 unspecified atom stereocenters. The molecule has 6 nitrogen and oxygen atoms in total. The van der Waals surface area contributed by atoms with Crippen molar-refractivity contribution in [2.75, 3.05) is 19.0 Å². The monoisotopic (exact) mass is 524 g/mol. The number of rotatable bonds is 8. The molecule has 0 aliphatic carbocycles. The zero-order chi connectivity index (χ0) is 24.8. The molecule has 178 valence electrons. The topological polar surface area (TPSA) is 67.9 Å². The Bertz CT molecular complexity index is 1280. The Labute approximate surface area is 217 Å². The molecule has 0 atom stereocenters. The Morgan fingerprint density at radius 3 is 2.54 bits per heavy atom. The predicted molar refractivity (Wildman–Crippen MR) is 144 cm³/mol. The highest BCUT2D eigenvalue weighted by Gasteiger charge is 2.32. The molecule has 1 saturated heterocycles. The van der Waals surface area contributed by atoms with E-state index in [1.807, 2.05) is 30.3 Å². The number of thiocarbonyl (C=S) groups is 1. The molecule has 1 heterocycles. The van der Waals surface area contributed by atoms with Gasteiger partial charge in [0.15, 0.2) is 18.1 Å². The molecule has 0 aromatic heterocycles. The van der Waals surface area contributed by atoms with Gasteiger partial charge >= 0.3 is 0 Å². The van der Waals surface area contributed by atoms with Crippen LogP contribution in [0.3, 0.4) is 0 Å². The number of carbonyl (C=O) groups excluding carboxylic acids is 2. The Kier molecular flexibility index (Phi) is 8.07. The number of benzene rings is 3. The number of nitrogens with one attached hydrogen (secondary N) is 1. The Morgan fingerprint density at radius 2 is 1.83 bits per heavy atom. The van der Waals surface area contributed by atoms with E-state index < -0.39 is 0 Å². The number of nitrogens with zero attached hydrogens (tertiary/aromatic N) is 1. The number of hydrogen-bond acceptors (Lipinski definition) is 6. The van der Waals surface area contributed by atoms with Gasteiger partial charge in [0.1, 0.15) is 4.32 Å². The van der Waals surface area contributed by atoms with E-state index in [0.29, 0.717) is 38.0 Å². The highest BCUT2D eigenvalue weighted by molar-refractivity contribution is 8.26. The number of carbonyl (C=O) groups is 2. The van der Waals surface area contributed by atoms with Crippen molar-refractivity contribution in [3.8, 4) is 11.5 Å². The van der Waals surface area contributed by atoms with E-state index in [1.165, 1.54) is 18.9 Å². The smallest absolute Gasteiger partial charge is 0.266 e. The summed E-state index contributed by atoms with van der Waals surface area (Å²) in [6, 6.07) is 21.7. The molecule has 1 N–H and O–H groups in total. The van der Waals surface area contributed by atoms with Gasteiger partial charge in [0.2, 0.25) is 0 Å². The van der Waals surface area contributed by atoms with E-state index in [-0.39, 0.29) is 18.4 Å². The van der Waals surface area contributed by atoms with Crippen molar-refractivity contribution in [3.05, 3.63) is 93.9 Å². The predicted octanol–water partition coefficient (Wildman–Crippen LogP) is 5.77. The van der Waals surface area contributed by atoms with Crippen LogP contribution in [0.5, 0.6) is 11.5 Å².